The summed E-state index contributed by atoms with van der Waals surface area (Å²) in [4.78, 5) is 102. The molecule has 0 amide bonds. The number of halogens is 4. The Bertz CT molecular complexity index is 3530. The zero-order chi connectivity index (χ0) is 80.6. The minimum Gasteiger partial charge on any atom is -0.550 e. The largest absolute Gasteiger partial charge is 0.550 e. The van der Waals surface area contributed by atoms with E-state index in [0.717, 1.165) is 140 Å². The van der Waals surface area contributed by atoms with Crippen molar-refractivity contribution in [1.29, 1.82) is 0 Å². The number of carboxylic acids is 2. The first kappa shape index (κ1) is 94.9. The van der Waals surface area contributed by atoms with Gasteiger partial charge in [-0.2, -0.15) is 0 Å². The molecule has 3 atom stereocenters. The number of imidazole rings is 1. The zero-order valence-electron chi connectivity index (χ0n) is 64.7. The van der Waals surface area contributed by atoms with Crippen molar-refractivity contribution >= 4 is 100 Å². The summed E-state index contributed by atoms with van der Waals surface area (Å²) in [5, 5.41) is 23.3. The van der Waals surface area contributed by atoms with E-state index in [-0.39, 0.29) is 77.1 Å². The van der Waals surface area contributed by atoms with Crippen LogP contribution in [0.1, 0.15) is 242 Å². The average Bonchev–Trinajstić information content (AvgIpc) is 1.80. The number of hydrogen-bond donors (Lipinski definition) is 1. The topological polar surface area (TPSA) is 282 Å². The van der Waals surface area contributed by atoms with E-state index in [4.69, 9.17) is 79.6 Å². The average molecular weight is 1610 g/mol. The number of esters is 6. The van der Waals surface area contributed by atoms with Gasteiger partial charge in [0.1, 0.15) is 44.8 Å². The van der Waals surface area contributed by atoms with E-state index in [1.165, 1.54) is 27.2 Å². The highest BCUT2D eigenvalue weighted by Gasteiger charge is 2.27. The van der Waals surface area contributed by atoms with Gasteiger partial charge in [-0.25, -0.2) is 9.98 Å². The number of carbonyl (C=O) groups is 8. The Balaban J connectivity index is 0.000000313. The van der Waals surface area contributed by atoms with Gasteiger partial charge in [-0.3, -0.25) is 33.7 Å². The summed E-state index contributed by atoms with van der Waals surface area (Å²) in [6.07, 6.45) is 28.4. The maximum absolute atomic E-state index is 11.9. The third-order valence-corrected chi connectivity index (χ3v) is 18.6. The number of aliphatic carboxylic acids is 2. The van der Waals surface area contributed by atoms with Crippen molar-refractivity contribution in [3.8, 4) is 11.1 Å². The zero-order valence-corrected chi connectivity index (χ0v) is 67.7. The summed E-state index contributed by atoms with van der Waals surface area (Å²) in [5.74, 6) is -5.91. The Labute approximate surface area is 675 Å². The number of nitrogens with one attached hydrogen (secondary N) is 1. The van der Waals surface area contributed by atoms with Crippen molar-refractivity contribution in [2.24, 2.45) is 4.99 Å². The van der Waals surface area contributed by atoms with Crippen molar-refractivity contribution in [3.05, 3.63) is 195 Å². The molecular weight excluding hydrogens is 1500 g/mol. The molecule has 0 spiro atoms. The van der Waals surface area contributed by atoms with Crippen LogP contribution in [0.15, 0.2) is 157 Å². The number of unbranched alkanes of at least 4 members (excludes halogenated alkanes) is 16. The highest BCUT2D eigenvalue weighted by molar-refractivity contribution is 6.35. The van der Waals surface area contributed by atoms with E-state index in [9.17, 15) is 48.6 Å². The van der Waals surface area contributed by atoms with Gasteiger partial charge in [-0.05, 0) is 79.5 Å². The van der Waals surface area contributed by atoms with Gasteiger partial charge >= 0.3 is 35.8 Å². The molecule has 7 rings (SSSR count). The van der Waals surface area contributed by atoms with Crippen LogP contribution in [0.4, 0.5) is 0 Å². The maximum Gasteiger partial charge on any atom is 0.306 e. The van der Waals surface area contributed by atoms with Crippen LogP contribution in [0.25, 0.3) is 11.1 Å². The number of aromatic nitrogens is 2. The lowest BCUT2D eigenvalue weighted by molar-refractivity contribution is -0.767. The molecule has 0 saturated carbocycles. The van der Waals surface area contributed by atoms with Gasteiger partial charge in [0, 0.05) is 86.8 Å². The number of nitrogens with zero attached hydrogens (tertiary/aromatic N) is 3. The second kappa shape index (κ2) is 58.4. The molecule has 25 heteroatoms. The molecule has 0 radical (unpaired) electrons. The Morgan fingerprint density at radius 1 is 0.450 bits per heavy atom. The molecule has 0 saturated heterocycles. The predicted molar refractivity (Wildman–Crippen MR) is 427 cm³/mol. The Morgan fingerprint density at radius 2 is 0.865 bits per heavy atom. The molecule has 1 aliphatic rings. The standard InChI is InChI=1S/2C23H40O8.C22H18N2.C18H14Cl4N2O/c2*1-3-5-7-9-11-13-21(26)29-17-19(31-23(28)16-15-20(24)25)18-30-22(27)14-12-10-8-6-4-2;1-3-7-18(8-4-1)19-11-13-21(14-12-19)22(24-16-15-23-17-24)20-9-5-2-6-10-20;19-13-2-1-12(16(21)7-13)10-25-18(9-24-6-5-23-11-24)15-4-3-14(20)8-17(15)22/h2*19H,3-18H2,1-2H3,(H,24,25);1-17,22H;1-8,11,18H,9-10H2/p-1. The lowest BCUT2D eigenvalue weighted by atomic mass is 9.95. The van der Waals surface area contributed by atoms with Crippen LogP contribution < -0.4 is 15.1 Å². The Hall–Kier alpha value is -8.44. The van der Waals surface area contributed by atoms with E-state index in [1.54, 1.807) is 36.8 Å². The molecule has 0 aliphatic carbocycles. The third-order valence-electron chi connectivity index (χ3n) is 17.4. The number of hydrogen-bond acceptors (Lipinski definition) is 19. The molecule has 5 aromatic carbocycles. The van der Waals surface area contributed by atoms with Gasteiger partial charge in [-0.15, -0.1) is 0 Å². The predicted octanol–water partition coefficient (Wildman–Crippen LogP) is 16.8. The van der Waals surface area contributed by atoms with Crippen molar-refractivity contribution in [1.82, 2.24) is 9.55 Å². The minimum atomic E-state index is -1.36. The quantitative estimate of drug-likeness (QED) is 0.0211. The summed E-state index contributed by atoms with van der Waals surface area (Å²) in [6, 6.07) is 40.9. The van der Waals surface area contributed by atoms with Gasteiger partial charge in [-0.1, -0.05) is 274 Å². The lowest BCUT2D eigenvalue weighted by Crippen LogP contribution is -3.06. The molecule has 0 fully saturated rings. The first-order chi connectivity index (χ1) is 53.7. The second-order valence-electron chi connectivity index (χ2n) is 26.7. The van der Waals surface area contributed by atoms with E-state index in [1.807, 2.05) is 41.5 Å². The van der Waals surface area contributed by atoms with Crippen LogP contribution in [0.3, 0.4) is 0 Å². The lowest BCUT2D eigenvalue weighted by Gasteiger charge is -2.21. The van der Waals surface area contributed by atoms with E-state index >= 15 is 0 Å². The first-order valence-corrected chi connectivity index (χ1v) is 40.4. The van der Waals surface area contributed by atoms with Crippen LogP contribution in [0.2, 0.25) is 20.1 Å². The smallest absolute Gasteiger partial charge is 0.306 e. The van der Waals surface area contributed by atoms with Crippen LogP contribution >= 0.6 is 46.4 Å². The van der Waals surface area contributed by atoms with Crippen LogP contribution in [0, 0.1) is 0 Å². The molecule has 6 aromatic rings. The van der Waals surface area contributed by atoms with Gasteiger partial charge in [0.2, 0.25) is 0 Å². The van der Waals surface area contributed by atoms with Crippen molar-refractivity contribution in [2.75, 3.05) is 26.4 Å². The highest BCUT2D eigenvalue weighted by Crippen LogP contribution is 2.32. The molecule has 2 heterocycles. The SMILES string of the molecule is C1=C[NH+](C(c2ccccc2)c2ccc(-c3ccccc3)cc2)C=N1.CCCCCCCC(=O)OCC(COC(=O)CCCCCCC)OC(=O)CCC(=O)[O-].CCCCCCCC(=O)OCC(COC(=O)CCCCCCC)OC(=O)CCC(=O)[O-].Clc1ccc(COC(Cn2ccnc2)c2ccc(Cl)cc2Cl)c(Cl)c1. The van der Waals surface area contributed by atoms with Crippen molar-refractivity contribution in [3.63, 3.8) is 0 Å². The fourth-order valence-electron chi connectivity index (χ4n) is 11.3. The second-order valence-corrected chi connectivity index (χ2v) is 28.4. The van der Waals surface area contributed by atoms with E-state index in [0.29, 0.717) is 33.2 Å². The maximum atomic E-state index is 11.9. The van der Waals surface area contributed by atoms with Gasteiger partial charge in [0.15, 0.2) is 18.5 Å². The van der Waals surface area contributed by atoms with Crippen molar-refractivity contribution < 1.29 is 86.6 Å². The molecule has 606 valence electrons. The number of carbonyl (C=O) groups excluding carboxylic acids is 8. The number of rotatable bonds is 50. The molecule has 3 unspecified atom stereocenters. The van der Waals surface area contributed by atoms with Crippen LogP contribution in [-0.2, 0) is 84.7 Å². The van der Waals surface area contributed by atoms with Crippen LogP contribution in [0.5, 0.6) is 0 Å². The molecule has 1 N–H and O–H groups in total. The summed E-state index contributed by atoms with van der Waals surface area (Å²) < 4.78 is 39.0. The third kappa shape index (κ3) is 43.3. The van der Waals surface area contributed by atoms with E-state index < -0.39 is 72.8 Å². The number of aliphatic imine (C=N–C) groups is 1. The molecule has 111 heavy (non-hydrogen) atoms. The molecular formula is C86H111Cl4N4O17-. The first-order valence-electron chi connectivity index (χ1n) is 38.9. The van der Waals surface area contributed by atoms with Crippen LogP contribution in [-0.4, -0.2) is 102 Å². The number of ether oxygens (including phenoxy) is 7. The van der Waals surface area contributed by atoms with Gasteiger partial charge < -0.3 is 57.5 Å². The molecule has 21 nitrogen and oxygen atoms in total. The number of quaternary nitrogens is 1. The van der Waals surface area contributed by atoms with Crippen molar-refractivity contribution in [2.45, 2.75) is 245 Å². The fourth-order valence-corrected chi connectivity index (χ4v) is 12.3. The molecule has 1 aromatic heterocycles. The Morgan fingerprint density at radius 3 is 1.26 bits per heavy atom. The van der Waals surface area contributed by atoms with Gasteiger partial charge in [0.05, 0.1) is 38.5 Å². The van der Waals surface area contributed by atoms with Gasteiger partial charge in [0.25, 0.3) is 0 Å². The highest BCUT2D eigenvalue weighted by atomic mass is 35.5. The summed E-state index contributed by atoms with van der Waals surface area (Å²) in [7, 11) is 0. The van der Waals surface area contributed by atoms with E-state index in [2.05, 4.69) is 123 Å². The number of benzene rings is 5. The monoisotopic (exact) mass is 1610 g/mol. The number of carboxylic acid groups (broad SMARTS) is 2. The summed E-state index contributed by atoms with van der Waals surface area (Å²) in [5.41, 5.74) is 6.77. The summed E-state index contributed by atoms with van der Waals surface area (Å²) in [6.45, 7) is 8.38. The fraction of sp³-hybridized carbons (Fsp3) is 0.488. The Kier molecular flexibility index (Phi) is 50.0. The molecule has 0 bridgehead atoms. The molecule has 1 aliphatic heterocycles. The minimum absolute atomic E-state index is 0.221. The normalized spacial score (nSPS) is 12.4. The summed E-state index contributed by atoms with van der Waals surface area (Å²) >= 11 is 24.5.